The number of ether oxygens (including phenoxy) is 1. The molecule has 100 valence electrons. The fraction of sp³-hybridized carbons (Fsp3) is 0.667. The summed E-state index contributed by atoms with van der Waals surface area (Å²) in [7, 11) is 0. The molecule has 0 unspecified atom stereocenters. The highest BCUT2D eigenvalue weighted by atomic mass is 32.1. The van der Waals surface area contributed by atoms with Gasteiger partial charge in [-0.25, -0.2) is 4.98 Å². The molecule has 0 atom stereocenters. The Bertz CT molecular complexity index is 388. The Balaban J connectivity index is 1.70. The first-order valence-electron chi connectivity index (χ1n) is 6.32. The molecule has 0 saturated carbocycles. The zero-order chi connectivity index (χ0) is 12.8. The van der Waals surface area contributed by atoms with Gasteiger partial charge in [0.15, 0.2) is 5.01 Å². The molecule has 1 fully saturated rings. The van der Waals surface area contributed by atoms with E-state index in [1.165, 1.54) is 11.3 Å². The largest absolute Gasteiger partial charge is 0.379 e. The van der Waals surface area contributed by atoms with Crippen molar-refractivity contribution in [2.24, 2.45) is 0 Å². The normalized spacial score (nSPS) is 16.7. The number of hydrogen-bond donors (Lipinski definition) is 1. The number of nitrogens with one attached hydrogen (secondary N) is 1. The molecule has 5 nitrogen and oxygen atoms in total. The minimum atomic E-state index is -0.0621. The highest BCUT2D eigenvalue weighted by Crippen LogP contribution is 2.12. The first-order chi connectivity index (χ1) is 8.79. The molecule has 1 amide bonds. The topological polar surface area (TPSA) is 54.5 Å². The maximum absolute atomic E-state index is 11.8. The molecule has 1 aromatic heterocycles. The average molecular weight is 269 g/mol. The van der Waals surface area contributed by atoms with Gasteiger partial charge in [-0.05, 0) is 6.42 Å². The van der Waals surface area contributed by atoms with Crippen LogP contribution in [0.3, 0.4) is 0 Å². The maximum Gasteiger partial charge on any atom is 0.280 e. The summed E-state index contributed by atoms with van der Waals surface area (Å²) < 4.78 is 5.27. The zero-order valence-electron chi connectivity index (χ0n) is 10.6. The van der Waals surface area contributed by atoms with E-state index in [4.69, 9.17) is 4.74 Å². The lowest BCUT2D eigenvalue weighted by atomic mass is 10.4. The molecule has 0 radical (unpaired) electrons. The van der Waals surface area contributed by atoms with Crippen molar-refractivity contribution in [3.05, 3.63) is 16.1 Å². The Labute approximate surface area is 111 Å². The lowest BCUT2D eigenvalue weighted by Gasteiger charge is -2.26. The summed E-state index contributed by atoms with van der Waals surface area (Å²) in [5.74, 6) is -0.0621. The van der Waals surface area contributed by atoms with Crippen molar-refractivity contribution < 1.29 is 9.53 Å². The number of aryl methyl sites for hydroxylation is 1. The van der Waals surface area contributed by atoms with Gasteiger partial charge in [-0.3, -0.25) is 9.69 Å². The summed E-state index contributed by atoms with van der Waals surface area (Å²) in [4.78, 5) is 19.4. The second-order valence-corrected chi connectivity index (χ2v) is 5.31. The Morgan fingerprint density at radius 1 is 1.56 bits per heavy atom. The van der Waals surface area contributed by atoms with Crippen LogP contribution in [0.4, 0.5) is 0 Å². The molecule has 18 heavy (non-hydrogen) atoms. The molecule has 0 aromatic carbocycles. The van der Waals surface area contributed by atoms with E-state index in [1.54, 1.807) is 6.20 Å². The molecule has 1 aromatic rings. The van der Waals surface area contributed by atoms with Crippen LogP contribution in [-0.4, -0.2) is 55.2 Å². The Morgan fingerprint density at radius 2 is 2.33 bits per heavy atom. The summed E-state index contributed by atoms with van der Waals surface area (Å²) in [5, 5.41) is 3.47. The van der Waals surface area contributed by atoms with Gasteiger partial charge in [0.2, 0.25) is 0 Å². The molecule has 1 saturated heterocycles. The number of morpholine rings is 1. The molecule has 0 bridgehead atoms. The van der Waals surface area contributed by atoms with Crippen molar-refractivity contribution in [1.29, 1.82) is 0 Å². The van der Waals surface area contributed by atoms with Crippen molar-refractivity contribution in [3.8, 4) is 0 Å². The summed E-state index contributed by atoms with van der Waals surface area (Å²) in [6.07, 6.45) is 2.71. The van der Waals surface area contributed by atoms with Crippen LogP contribution in [0, 0.1) is 0 Å². The predicted octanol–water partition coefficient (Wildman–Crippen LogP) is 0.768. The summed E-state index contributed by atoms with van der Waals surface area (Å²) in [5.41, 5.74) is 0. The molecule has 6 heteroatoms. The Morgan fingerprint density at radius 3 is 3.00 bits per heavy atom. The molecule has 1 N–H and O–H groups in total. The smallest absolute Gasteiger partial charge is 0.280 e. The van der Waals surface area contributed by atoms with Gasteiger partial charge >= 0.3 is 0 Å². The van der Waals surface area contributed by atoms with Crippen LogP contribution in [-0.2, 0) is 11.2 Å². The third-order valence-electron chi connectivity index (χ3n) is 2.91. The minimum Gasteiger partial charge on any atom is -0.379 e. The lowest BCUT2D eigenvalue weighted by molar-refractivity contribution is 0.0383. The zero-order valence-corrected chi connectivity index (χ0v) is 11.5. The molecule has 1 aliphatic heterocycles. The number of aromatic nitrogens is 1. The summed E-state index contributed by atoms with van der Waals surface area (Å²) >= 11 is 1.47. The van der Waals surface area contributed by atoms with Crippen molar-refractivity contribution in [2.45, 2.75) is 13.3 Å². The predicted molar refractivity (Wildman–Crippen MR) is 71.1 cm³/mol. The van der Waals surface area contributed by atoms with Crippen molar-refractivity contribution >= 4 is 17.2 Å². The van der Waals surface area contributed by atoms with E-state index in [2.05, 4.69) is 22.1 Å². The van der Waals surface area contributed by atoms with E-state index in [0.717, 1.165) is 44.1 Å². The number of amides is 1. The van der Waals surface area contributed by atoms with Crippen LogP contribution in [0.25, 0.3) is 0 Å². The number of thiazole rings is 1. The van der Waals surface area contributed by atoms with E-state index in [0.29, 0.717) is 11.6 Å². The lowest BCUT2D eigenvalue weighted by Crippen LogP contribution is -2.41. The van der Waals surface area contributed by atoms with Gasteiger partial charge in [0.05, 0.1) is 13.2 Å². The van der Waals surface area contributed by atoms with Crippen LogP contribution in [0.2, 0.25) is 0 Å². The molecule has 0 spiro atoms. The Kier molecular flexibility index (Phi) is 5.10. The first-order valence-corrected chi connectivity index (χ1v) is 7.14. The van der Waals surface area contributed by atoms with Gasteiger partial charge in [0.1, 0.15) is 0 Å². The monoisotopic (exact) mass is 269 g/mol. The highest BCUT2D eigenvalue weighted by molar-refractivity contribution is 7.13. The van der Waals surface area contributed by atoms with E-state index < -0.39 is 0 Å². The standard InChI is InChI=1S/C12H19N3O2S/c1-2-10-9-14-12(18-10)11(16)13-3-4-15-5-7-17-8-6-15/h9H,2-8H2,1H3,(H,13,16). The SMILES string of the molecule is CCc1cnc(C(=O)NCCN2CCOCC2)s1. The highest BCUT2D eigenvalue weighted by Gasteiger charge is 2.12. The second kappa shape index (κ2) is 6.82. The van der Waals surface area contributed by atoms with E-state index in [9.17, 15) is 4.79 Å². The number of carbonyl (C=O) groups excluding carboxylic acids is 1. The van der Waals surface area contributed by atoms with Crippen LogP contribution in [0.1, 0.15) is 21.6 Å². The number of carbonyl (C=O) groups is 1. The molecular formula is C12H19N3O2S. The molecule has 2 rings (SSSR count). The third-order valence-corrected chi connectivity index (χ3v) is 4.05. The van der Waals surface area contributed by atoms with Crippen LogP contribution < -0.4 is 5.32 Å². The molecule has 0 aliphatic carbocycles. The number of nitrogens with zero attached hydrogens (tertiary/aromatic N) is 2. The number of rotatable bonds is 5. The Hall–Kier alpha value is -0.980. The molecule has 1 aliphatic rings. The fourth-order valence-electron chi connectivity index (χ4n) is 1.80. The van der Waals surface area contributed by atoms with E-state index in [1.807, 2.05) is 0 Å². The van der Waals surface area contributed by atoms with Gasteiger partial charge in [-0.1, -0.05) is 6.92 Å². The quantitative estimate of drug-likeness (QED) is 0.858. The van der Waals surface area contributed by atoms with Crippen molar-refractivity contribution in [2.75, 3.05) is 39.4 Å². The van der Waals surface area contributed by atoms with Crippen molar-refractivity contribution in [3.63, 3.8) is 0 Å². The van der Waals surface area contributed by atoms with Crippen molar-refractivity contribution in [1.82, 2.24) is 15.2 Å². The second-order valence-electron chi connectivity index (χ2n) is 4.20. The average Bonchev–Trinajstić information content (AvgIpc) is 2.89. The van der Waals surface area contributed by atoms with Gasteiger partial charge in [0.25, 0.3) is 5.91 Å². The van der Waals surface area contributed by atoms with Crippen LogP contribution >= 0.6 is 11.3 Å². The van der Waals surface area contributed by atoms with E-state index >= 15 is 0 Å². The molecular weight excluding hydrogens is 250 g/mol. The van der Waals surface area contributed by atoms with Crippen LogP contribution in [0.15, 0.2) is 6.20 Å². The summed E-state index contributed by atoms with van der Waals surface area (Å²) in [6.45, 7) is 7.09. The maximum atomic E-state index is 11.8. The first kappa shape index (κ1) is 13.5. The minimum absolute atomic E-state index is 0.0621. The van der Waals surface area contributed by atoms with Gasteiger partial charge in [-0.2, -0.15) is 0 Å². The molecule has 2 heterocycles. The summed E-state index contributed by atoms with van der Waals surface area (Å²) in [6, 6.07) is 0. The van der Waals surface area contributed by atoms with Gasteiger partial charge in [0, 0.05) is 37.3 Å². The third kappa shape index (κ3) is 3.76. The van der Waals surface area contributed by atoms with Gasteiger partial charge < -0.3 is 10.1 Å². The van der Waals surface area contributed by atoms with Gasteiger partial charge in [-0.15, -0.1) is 11.3 Å². The fourth-order valence-corrected chi connectivity index (χ4v) is 2.57. The van der Waals surface area contributed by atoms with Crippen LogP contribution in [0.5, 0.6) is 0 Å². The number of hydrogen-bond acceptors (Lipinski definition) is 5. The van der Waals surface area contributed by atoms with E-state index in [-0.39, 0.29) is 5.91 Å².